The first-order valence-corrected chi connectivity index (χ1v) is 4.44. The Morgan fingerprint density at radius 1 is 1.29 bits per heavy atom. The van der Waals surface area contributed by atoms with Crippen molar-refractivity contribution in [2.24, 2.45) is 0 Å². The summed E-state index contributed by atoms with van der Waals surface area (Å²) in [4.78, 5) is 21.4. The first kappa shape index (κ1) is 13.0. The standard InChI is InChI=1S/C10H8F3NO3/c1-5-2-3-6(8(15)16)7(4-5)14-9(17)10(11,12)13/h2-4H,1H3,(H,14,17)(H,15,16). The second kappa shape index (κ2) is 4.44. The molecule has 1 aromatic rings. The maximum absolute atomic E-state index is 12.0. The van der Waals surface area contributed by atoms with Crippen molar-refractivity contribution in [3.63, 3.8) is 0 Å². The average molecular weight is 247 g/mol. The molecule has 0 heterocycles. The molecule has 92 valence electrons. The largest absolute Gasteiger partial charge is 0.478 e. The summed E-state index contributed by atoms with van der Waals surface area (Å²) in [5.74, 6) is -3.62. The number of aromatic carboxylic acids is 1. The van der Waals surface area contributed by atoms with Gasteiger partial charge in [-0.2, -0.15) is 13.2 Å². The van der Waals surface area contributed by atoms with Gasteiger partial charge in [-0.3, -0.25) is 4.79 Å². The zero-order valence-electron chi connectivity index (χ0n) is 8.63. The molecule has 1 amide bonds. The number of nitrogens with one attached hydrogen (secondary N) is 1. The highest BCUT2D eigenvalue weighted by atomic mass is 19.4. The number of hydrogen-bond acceptors (Lipinski definition) is 2. The van der Waals surface area contributed by atoms with E-state index in [2.05, 4.69) is 0 Å². The summed E-state index contributed by atoms with van der Waals surface area (Å²) in [7, 11) is 0. The average Bonchev–Trinajstić information content (AvgIpc) is 2.15. The van der Waals surface area contributed by atoms with Crippen molar-refractivity contribution in [2.45, 2.75) is 13.1 Å². The SMILES string of the molecule is Cc1ccc(C(=O)O)c(NC(=O)C(F)(F)F)c1. The fraction of sp³-hybridized carbons (Fsp3) is 0.200. The molecule has 0 aliphatic carbocycles. The second-order valence-electron chi connectivity index (χ2n) is 3.31. The van der Waals surface area contributed by atoms with Crippen molar-refractivity contribution in [1.29, 1.82) is 0 Å². The van der Waals surface area contributed by atoms with Crippen LogP contribution in [0.2, 0.25) is 0 Å². The van der Waals surface area contributed by atoms with Gasteiger partial charge in [-0.1, -0.05) is 6.07 Å². The number of benzene rings is 1. The summed E-state index contributed by atoms with van der Waals surface area (Å²) < 4.78 is 36.0. The Labute approximate surface area is 94.1 Å². The van der Waals surface area contributed by atoms with Gasteiger partial charge >= 0.3 is 18.1 Å². The molecule has 0 unspecified atom stereocenters. The van der Waals surface area contributed by atoms with Crippen LogP contribution in [0.4, 0.5) is 18.9 Å². The Balaban J connectivity index is 3.09. The number of hydrogen-bond donors (Lipinski definition) is 2. The lowest BCUT2D eigenvalue weighted by atomic mass is 10.1. The van der Waals surface area contributed by atoms with Gasteiger partial charge in [0, 0.05) is 0 Å². The van der Waals surface area contributed by atoms with Crippen LogP contribution in [0.15, 0.2) is 18.2 Å². The summed E-state index contributed by atoms with van der Waals surface area (Å²) in [6.07, 6.45) is -5.06. The molecule has 1 aromatic carbocycles. The van der Waals surface area contributed by atoms with Crippen LogP contribution in [0.3, 0.4) is 0 Å². The number of anilines is 1. The van der Waals surface area contributed by atoms with Gasteiger partial charge in [0.15, 0.2) is 0 Å². The van der Waals surface area contributed by atoms with E-state index in [1.54, 1.807) is 6.92 Å². The summed E-state index contributed by atoms with van der Waals surface area (Å²) in [5.41, 5.74) is -0.236. The third-order valence-electron chi connectivity index (χ3n) is 1.91. The molecular weight excluding hydrogens is 239 g/mol. The highest BCUT2D eigenvalue weighted by Crippen LogP contribution is 2.22. The molecule has 2 N–H and O–H groups in total. The van der Waals surface area contributed by atoms with Crippen molar-refractivity contribution in [1.82, 2.24) is 0 Å². The fourth-order valence-electron chi connectivity index (χ4n) is 1.14. The number of halogens is 3. The van der Waals surface area contributed by atoms with E-state index in [-0.39, 0.29) is 5.69 Å². The minimum absolute atomic E-state index is 0.375. The normalized spacial score (nSPS) is 11.1. The lowest BCUT2D eigenvalue weighted by Gasteiger charge is -2.10. The maximum Gasteiger partial charge on any atom is 0.471 e. The molecule has 0 spiro atoms. The Kier molecular flexibility index (Phi) is 3.40. The van der Waals surface area contributed by atoms with Crippen LogP contribution in [-0.2, 0) is 4.79 Å². The minimum Gasteiger partial charge on any atom is -0.478 e. The molecule has 0 fully saturated rings. The number of carbonyl (C=O) groups excluding carboxylic acids is 1. The molecule has 7 heteroatoms. The van der Waals surface area contributed by atoms with Crippen molar-refractivity contribution in [3.05, 3.63) is 29.3 Å². The van der Waals surface area contributed by atoms with Crippen molar-refractivity contribution in [3.8, 4) is 0 Å². The number of aryl methyl sites for hydroxylation is 1. The van der Waals surface area contributed by atoms with E-state index in [0.29, 0.717) is 5.56 Å². The summed E-state index contributed by atoms with van der Waals surface area (Å²) in [6, 6.07) is 3.71. The smallest absolute Gasteiger partial charge is 0.471 e. The van der Waals surface area contributed by atoms with Gasteiger partial charge in [-0.15, -0.1) is 0 Å². The summed E-state index contributed by atoms with van der Waals surface area (Å²) in [5, 5.41) is 10.3. The van der Waals surface area contributed by atoms with E-state index in [1.165, 1.54) is 11.4 Å². The van der Waals surface area contributed by atoms with Crippen molar-refractivity contribution in [2.75, 3.05) is 5.32 Å². The zero-order valence-corrected chi connectivity index (χ0v) is 8.63. The van der Waals surface area contributed by atoms with E-state index in [4.69, 9.17) is 5.11 Å². The number of carboxylic acids is 1. The highest BCUT2D eigenvalue weighted by Gasteiger charge is 2.39. The van der Waals surface area contributed by atoms with Gasteiger partial charge in [0.25, 0.3) is 0 Å². The monoisotopic (exact) mass is 247 g/mol. The van der Waals surface area contributed by atoms with Crippen molar-refractivity contribution < 1.29 is 27.9 Å². The predicted molar refractivity (Wildman–Crippen MR) is 52.8 cm³/mol. The number of alkyl halides is 3. The Morgan fingerprint density at radius 2 is 1.88 bits per heavy atom. The van der Waals surface area contributed by atoms with E-state index < -0.39 is 23.6 Å². The van der Waals surface area contributed by atoms with E-state index in [9.17, 15) is 22.8 Å². The Morgan fingerprint density at radius 3 is 2.35 bits per heavy atom. The molecule has 1 rings (SSSR count). The molecule has 17 heavy (non-hydrogen) atoms. The van der Waals surface area contributed by atoms with Crippen LogP contribution < -0.4 is 5.32 Å². The van der Waals surface area contributed by atoms with Crippen LogP contribution in [0.5, 0.6) is 0 Å². The van der Waals surface area contributed by atoms with E-state index in [0.717, 1.165) is 12.1 Å². The van der Waals surface area contributed by atoms with Gasteiger partial charge in [0.2, 0.25) is 0 Å². The fourth-order valence-corrected chi connectivity index (χ4v) is 1.14. The third-order valence-corrected chi connectivity index (χ3v) is 1.91. The lowest BCUT2D eigenvalue weighted by molar-refractivity contribution is -0.167. The molecule has 0 aliphatic heterocycles. The molecule has 4 nitrogen and oxygen atoms in total. The third kappa shape index (κ3) is 3.20. The number of amides is 1. The number of rotatable bonds is 2. The van der Waals surface area contributed by atoms with Gasteiger partial charge in [-0.05, 0) is 24.6 Å². The topological polar surface area (TPSA) is 66.4 Å². The van der Waals surface area contributed by atoms with Gasteiger partial charge in [0.1, 0.15) is 0 Å². The van der Waals surface area contributed by atoms with Gasteiger partial charge in [0.05, 0.1) is 11.3 Å². The van der Waals surface area contributed by atoms with Crippen molar-refractivity contribution >= 4 is 17.6 Å². The van der Waals surface area contributed by atoms with E-state index in [1.807, 2.05) is 0 Å². The number of carboxylic acid groups (broad SMARTS) is 1. The van der Waals surface area contributed by atoms with Crippen LogP contribution >= 0.6 is 0 Å². The van der Waals surface area contributed by atoms with Gasteiger partial charge < -0.3 is 10.4 Å². The lowest BCUT2D eigenvalue weighted by Crippen LogP contribution is -2.30. The molecule has 0 bridgehead atoms. The first-order valence-electron chi connectivity index (χ1n) is 4.44. The molecule has 0 aliphatic rings. The predicted octanol–water partition coefficient (Wildman–Crippen LogP) is 2.19. The first-order chi connectivity index (χ1) is 7.71. The summed E-state index contributed by atoms with van der Waals surface area (Å²) in [6.45, 7) is 1.56. The van der Waals surface area contributed by atoms with Crippen LogP contribution in [0.25, 0.3) is 0 Å². The molecule has 0 aromatic heterocycles. The molecule has 0 saturated heterocycles. The molecule has 0 atom stereocenters. The Hall–Kier alpha value is -2.05. The van der Waals surface area contributed by atoms with Crippen LogP contribution in [-0.4, -0.2) is 23.2 Å². The quantitative estimate of drug-likeness (QED) is 0.841. The summed E-state index contributed by atoms with van der Waals surface area (Å²) >= 11 is 0. The second-order valence-corrected chi connectivity index (χ2v) is 3.31. The van der Waals surface area contributed by atoms with E-state index >= 15 is 0 Å². The van der Waals surface area contributed by atoms with Crippen LogP contribution in [0.1, 0.15) is 15.9 Å². The molecule has 0 radical (unpaired) electrons. The van der Waals surface area contributed by atoms with Crippen LogP contribution in [0, 0.1) is 6.92 Å². The molecular formula is C10H8F3NO3. The minimum atomic E-state index is -5.06. The Bertz CT molecular complexity index is 468. The zero-order chi connectivity index (χ0) is 13.2. The highest BCUT2D eigenvalue weighted by molar-refractivity contribution is 6.02. The number of carbonyl (C=O) groups is 2. The maximum atomic E-state index is 12.0. The molecule has 0 saturated carbocycles. The van der Waals surface area contributed by atoms with Gasteiger partial charge in [-0.25, -0.2) is 4.79 Å².